The van der Waals surface area contributed by atoms with E-state index < -0.39 is 19.0 Å². The predicted octanol–water partition coefficient (Wildman–Crippen LogP) is 1.58. The molecule has 0 saturated carbocycles. The van der Waals surface area contributed by atoms with E-state index in [1.807, 2.05) is 27.7 Å². The van der Waals surface area contributed by atoms with Crippen LogP contribution in [0.1, 0.15) is 48.5 Å². The summed E-state index contributed by atoms with van der Waals surface area (Å²) >= 11 is 0. The van der Waals surface area contributed by atoms with Gasteiger partial charge in [0.25, 0.3) is 0 Å². The average molecular weight is 323 g/mol. The van der Waals surface area contributed by atoms with Gasteiger partial charge in [-0.1, -0.05) is 12.1 Å². The highest BCUT2D eigenvalue weighted by molar-refractivity contribution is 6.61. The van der Waals surface area contributed by atoms with Crippen LogP contribution in [-0.4, -0.2) is 56.3 Å². The molecule has 4 nitrogen and oxygen atoms in total. The van der Waals surface area contributed by atoms with Crippen LogP contribution in [-0.2, 0) is 18.9 Å². The highest BCUT2D eigenvalue weighted by Gasteiger charge is 2.34. The van der Waals surface area contributed by atoms with Crippen molar-refractivity contribution in [2.75, 3.05) is 26.4 Å². The number of hydrogen-bond acceptors (Lipinski definition) is 4. The van der Waals surface area contributed by atoms with Crippen molar-refractivity contribution in [1.82, 2.24) is 0 Å². The maximum absolute atomic E-state index is 5.86. The van der Waals surface area contributed by atoms with E-state index >= 15 is 0 Å². The van der Waals surface area contributed by atoms with E-state index in [4.69, 9.17) is 18.9 Å². The molecule has 0 atom stereocenters. The van der Waals surface area contributed by atoms with Gasteiger partial charge in [-0.3, -0.25) is 0 Å². The summed E-state index contributed by atoms with van der Waals surface area (Å²) in [6.07, 6.45) is 0. The summed E-state index contributed by atoms with van der Waals surface area (Å²) in [6, 6.07) is 0. The molecule has 0 fully saturated rings. The summed E-state index contributed by atoms with van der Waals surface area (Å²) in [7, 11) is -1.05. The van der Waals surface area contributed by atoms with Gasteiger partial charge in [-0.15, -0.1) is 0 Å². The molecule has 0 N–H and O–H groups in total. The predicted molar refractivity (Wildman–Crippen MR) is 89.8 cm³/mol. The van der Waals surface area contributed by atoms with E-state index in [0.717, 1.165) is 0 Å². The number of ether oxygens (including phenoxy) is 4. The van der Waals surface area contributed by atoms with Gasteiger partial charge in [0.05, 0.1) is 19.0 Å². The SMILES string of the molecule is CCOC(C)(OCC)[SiH2]C(C)[SiH2]C(C)(OCC)OCC. The molecule has 122 valence electrons. The lowest BCUT2D eigenvalue weighted by atomic mass is 10.7. The molecule has 0 aliphatic carbocycles. The van der Waals surface area contributed by atoms with Gasteiger partial charge in [0, 0.05) is 26.4 Å². The van der Waals surface area contributed by atoms with E-state index in [0.29, 0.717) is 31.6 Å². The van der Waals surface area contributed by atoms with Gasteiger partial charge in [-0.25, -0.2) is 0 Å². The third-order valence-electron chi connectivity index (χ3n) is 3.24. The smallest absolute Gasteiger partial charge is 0.142 e. The summed E-state index contributed by atoms with van der Waals surface area (Å²) in [5.41, 5.74) is -0.704. The van der Waals surface area contributed by atoms with E-state index in [2.05, 4.69) is 20.8 Å². The molecular weight excluding hydrogens is 288 g/mol. The summed E-state index contributed by atoms with van der Waals surface area (Å²) in [6.45, 7) is 17.4. The molecule has 0 aromatic heterocycles. The van der Waals surface area contributed by atoms with Crippen LogP contribution in [0.2, 0.25) is 5.16 Å². The monoisotopic (exact) mass is 322 g/mol. The zero-order chi connectivity index (χ0) is 15.6. The second kappa shape index (κ2) is 10.1. The first kappa shape index (κ1) is 20.3. The Balaban J connectivity index is 4.58. The Hall–Kier alpha value is 0.274. The molecule has 0 saturated heterocycles. The van der Waals surface area contributed by atoms with Crippen LogP contribution in [0, 0.1) is 0 Å². The first-order valence-electron chi connectivity index (χ1n) is 7.90. The van der Waals surface area contributed by atoms with Crippen LogP contribution in [0.5, 0.6) is 0 Å². The van der Waals surface area contributed by atoms with Gasteiger partial charge in [0.2, 0.25) is 0 Å². The fourth-order valence-electron chi connectivity index (χ4n) is 2.88. The van der Waals surface area contributed by atoms with Crippen LogP contribution in [0.4, 0.5) is 0 Å². The van der Waals surface area contributed by atoms with Gasteiger partial charge < -0.3 is 18.9 Å². The molecule has 0 aliphatic heterocycles. The van der Waals surface area contributed by atoms with Crippen molar-refractivity contribution >= 4 is 19.0 Å². The maximum atomic E-state index is 5.86. The van der Waals surface area contributed by atoms with Crippen molar-refractivity contribution in [1.29, 1.82) is 0 Å². The van der Waals surface area contributed by atoms with Crippen molar-refractivity contribution in [3.63, 3.8) is 0 Å². The zero-order valence-electron chi connectivity index (χ0n) is 14.5. The third kappa shape index (κ3) is 7.90. The van der Waals surface area contributed by atoms with Crippen molar-refractivity contribution in [3.05, 3.63) is 0 Å². The van der Waals surface area contributed by atoms with Crippen LogP contribution < -0.4 is 0 Å². The molecule has 0 heterocycles. The lowest BCUT2D eigenvalue weighted by Gasteiger charge is -2.35. The van der Waals surface area contributed by atoms with E-state index in [1.54, 1.807) is 0 Å². The van der Waals surface area contributed by atoms with E-state index in [1.165, 1.54) is 0 Å². The van der Waals surface area contributed by atoms with Crippen molar-refractivity contribution in [2.24, 2.45) is 0 Å². The molecule has 0 amide bonds. The van der Waals surface area contributed by atoms with Gasteiger partial charge >= 0.3 is 0 Å². The minimum absolute atomic E-state index is 0.352. The Bertz CT molecular complexity index is 215. The first-order valence-corrected chi connectivity index (χ1v) is 10.9. The maximum Gasteiger partial charge on any atom is 0.142 e. The lowest BCUT2D eigenvalue weighted by Crippen LogP contribution is -2.47. The zero-order valence-corrected chi connectivity index (χ0v) is 17.3. The van der Waals surface area contributed by atoms with Crippen LogP contribution in [0.15, 0.2) is 0 Å². The van der Waals surface area contributed by atoms with Gasteiger partial charge in [0.15, 0.2) is 0 Å². The molecule has 0 unspecified atom stereocenters. The fraction of sp³-hybridized carbons (Fsp3) is 1.00. The Morgan fingerprint density at radius 2 is 0.950 bits per heavy atom. The number of rotatable bonds is 12. The molecule has 0 aliphatic rings. The molecule has 0 rings (SSSR count). The molecule has 0 spiro atoms. The Morgan fingerprint density at radius 1 is 0.700 bits per heavy atom. The standard InChI is InChI=1S/C14H34O4Si2/c1-8-15-13(6,16-9-2)19-12(5)20-14(7,17-10-3)18-11-4/h12H,8-11,19-20H2,1-7H3. The molecular formula is C14H34O4Si2. The van der Waals surface area contributed by atoms with Crippen LogP contribution >= 0.6 is 0 Å². The summed E-state index contributed by atoms with van der Waals surface area (Å²) < 4.78 is 23.4. The minimum Gasteiger partial charge on any atom is -0.355 e. The van der Waals surface area contributed by atoms with Gasteiger partial charge in [0.1, 0.15) is 10.8 Å². The van der Waals surface area contributed by atoms with E-state index in [9.17, 15) is 0 Å². The highest BCUT2D eigenvalue weighted by Crippen LogP contribution is 2.22. The van der Waals surface area contributed by atoms with Crippen molar-refractivity contribution in [3.8, 4) is 0 Å². The Kier molecular flexibility index (Phi) is 10.2. The molecule has 20 heavy (non-hydrogen) atoms. The summed E-state index contributed by atoms with van der Waals surface area (Å²) in [5.74, 6) is 0. The van der Waals surface area contributed by atoms with Crippen LogP contribution in [0.25, 0.3) is 0 Å². The second-order valence-corrected chi connectivity index (χ2v) is 12.8. The summed E-state index contributed by atoms with van der Waals surface area (Å²) in [5, 5.41) is 0.654. The minimum atomic E-state index is -0.525. The highest BCUT2D eigenvalue weighted by atomic mass is 28.3. The van der Waals surface area contributed by atoms with Gasteiger partial charge in [-0.05, 0) is 41.5 Å². The Morgan fingerprint density at radius 3 is 1.15 bits per heavy atom. The van der Waals surface area contributed by atoms with Gasteiger partial charge in [-0.2, -0.15) is 0 Å². The van der Waals surface area contributed by atoms with E-state index in [-0.39, 0.29) is 10.8 Å². The molecule has 0 aromatic rings. The quantitative estimate of drug-likeness (QED) is 0.404. The fourth-order valence-corrected chi connectivity index (χ4v) is 10.4. The first-order chi connectivity index (χ1) is 9.34. The molecule has 0 bridgehead atoms. The largest absolute Gasteiger partial charge is 0.355 e. The Labute approximate surface area is 129 Å². The number of hydrogen-bond donors (Lipinski definition) is 0. The van der Waals surface area contributed by atoms with Crippen molar-refractivity contribution < 1.29 is 18.9 Å². The molecule has 0 aromatic carbocycles. The summed E-state index contributed by atoms with van der Waals surface area (Å²) in [4.78, 5) is 0. The lowest BCUT2D eigenvalue weighted by molar-refractivity contribution is -0.165. The molecule has 0 radical (unpaired) electrons. The van der Waals surface area contributed by atoms with Crippen molar-refractivity contribution in [2.45, 2.75) is 64.5 Å². The topological polar surface area (TPSA) is 36.9 Å². The van der Waals surface area contributed by atoms with Crippen LogP contribution in [0.3, 0.4) is 0 Å². The normalized spacial score (nSPS) is 15.8. The second-order valence-electron chi connectivity index (χ2n) is 5.51. The molecule has 6 heteroatoms. The third-order valence-corrected chi connectivity index (χ3v) is 8.66. The average Bonchev–Trinajstić information content (AvgIpc) is 2.28.